The summed E-state index contributed by atoms with van der Waals surface area (Å²) in [5, 5.41) is 0. The standard InChI is InChI=1S/C66H109N2/c1-4-6-8-10-12-14-16-18-20-22-24-26-28-30-32-34-36-38-40-42-58-68(59-43-41-39-37-35-33-31-29-27-25-23-21-19-17-15-13-11-9-7-5-2)66-54-52-64(53-55-66)49-48-62-44-46-63(47-45-62)50-51-65-56-60-67(3)61-57-65/h44-57,60-61H,4-43,58-59H2,1-3H3/q+1. The summed E-state index contributed by atoms with van der Waals surface area (Å²) in [6, 6.07) is 22.6. The lowest BCUT2D eigenvalue weighted by atomic mass is 10.0. The highest BCUT2D eigenvalue weighted by Crippen LogP contribution is 2.22. The summed E-state index contributed by atoms with van der Waals surface area (Å²) in [4.78, 5) is 2.71. The first-order valence-electron chi connectivity index (χ1n) is 29.9. The van der Waals surface area contributed by atoms with E-state index in [4.69, 9.17) is 0 Å². The van der Waals surface area contributed by atoms with Crippen LogP contribution in [0.2, 0.25) is 0 Å². The van der Waals surface area contributed by atoms with E-state index in [1.54, 1.807) is 0 Å². The Morgan fingerprint density at radius 1 is 0.279 bits per heavy atom. The van der Waals surface area contributed by atoms with Gasteiger partial charge in [-0.1, -0.05) is 319 Å². The molecular formula is C66H109N2+. The van der Waals surface area contributed by atoms with Gasteiger partial charge in [0.25, 0.3) is 0 Å². The summed E-state index contributed by atoms with van der Waals surface area (Å²) in [6.07, 6.45) is 70.6. The van der Waals surface area contributed by atoms with E-state index in [1.807, 2.05) is 0 Å². The quantitative estimate of drug-likeness (QED) is 0.0311. The van der Waals surface area contributed by atoms with Gasteiger partial charge in [-0.05, 0) is 47.2 Å². The van der Waals surface area contributed by atoms with E-state index in [0.29, 0.717) is 0 Å². The van der Waals surface area contributed by atoms with Crippen molar-refractivity contribution in [1.82, 2.24) is 0 Å². The van der Waals surface area contributed by atoms with E-state index < -0.39 is 0 Å². The van der Waals surface area contributed by atoms with Gasteiger partial charge >= 0.3 is 0 Å². The van der Waals surface area contributed by atoms with Crippen molar-refractivity contribution in [3.05, 3.63) is 95.3 Å². The number of hydrogen-bond acceptors (Lipinski definition) is 1. The molecule has 0 aliphatic carbocycles. The molecule has 0 saturated heterocycles. The van der Waals surface area contributed by atoms with Crippen LogP contribution in [0.1, 0.15) is 293 Å². The van der Waals surface area contributed by atoms with Crippen LogP contribution >= 0.6 is 0 Å². The van der Waals surface area contributed by atoms with Crippen LogP contribution in [0.25, 0.3) is 24.3 Å². The smallest absolute Gasteiger partial charge is 0.169 e. The second-order valence-corrected chi connectivity index (χ2v) is 21.1. The third kappa shape index (κ3) is 33.4. The molecule has 0 spiro atoms. The summed E-state index contributed by atoms with van der Waals surface area (Å²) in [5.74, 6) is 0. The molecule has 2 nitrogen and oxygen atoms in total. The number of hydrogen-bond donors (Lipinski definition) is 0. The molecule has 0 aliphatic rings. The average molecular weight is 931 g/mol. The molecule has 68 heavy (non-hydrogen) atoms. The minimum atomic E-state index is 1.19. The number of anilines is 1. The fourth-order valence-electron chi connectivity index (χ4n) is 10.0. The van der Waals surface area contributed by atoms with E-state index in [9.17, 15) is 0 Å². The molecule has 2 aromatic carbocycles. The van der Waals surface area contributed by atoms with Crippen LogP contribution in [0, 0.1) is 0 Å². The number of nitrogens with zero attached hydrogens (tertiary/aromatic N) is 2. The van der Waals surface area contributed by atoms with Crippen molar-refractivity contribution in [2.24, 2.45) is 7.05 Å². The van der Waals surface area contributed by atoms with Gasteiger partial charge in [0.2, 0.25) is 0 Å². The van der Waals surface area contributed by atoms with Gasteiger partial charge in [0.05, 0.1) is 0 Å². The maximum atomic E-state index is 2.71. The van der Waals surface area contributed by atoms with E-state index in [0.717, 1.165) is 0 Å². The van der Waals surface area contributed by atoms with Gasteiger partial charge in [0.1, 0.15) is 7.05 Å². The fourth-order valence-corrected chi connectivity index (χ4v) is 10.0. The molecule has 0 amide bonds. The van der Waals surface area contributed by atoms with Crippen molar-refractivity contribution in [3.63, 3.8) is 0 Å². The van der Waals surface area contributed by atoms with Crippen molar-refractivity contribution in [2.75, 3.05) is 18.0 Å². The Balaban J connectivity index is 1.29. The number of rotatable bonds is 47. The zero-order chi connectivity index (χ0) is 48.1. The highest BCUT2D eigenvalue weighted by Gasteiger charge is 2.07. The Bertz CT molecular complexity index is 1520. The number of pyridine rings is 1. The first kappa shape index (κ1) is 59.2. The van der Waals surface area contributed by atoms with Crippen molar-refractivity contribution < 1.29 is 4.57 Å². The lowest BCUT2D eigenvalue weighted by Gasteiger charge is -2.25. The van der Waals surface area contributed by atoms with Crippen LogP contribution < -0.4 is 9.47 Å². The van der Waals surface area contributed by atoms with Crippen LogP contribution in [0.3, 0.4) is 0 Å². The first-order valence-corrected chi connectivity index (χ1v) is 29.9. The molecule has 0 saturated carbocycles. The summed E-state index contributed by atoms with van der Waals surface area (Å²) in [7, 11) is 2.05. The normalized spacial score (nSPS) is 11.8. The summed E-state index contributed by atoms with van der Waals surface area (Å²) >= 11 is 0. The second kappa shape index (κ2) is 43.9. The first-order chi connectivity index (χ1) is 33.7. The molecule has 0 unspecified atom stereocenters. The third-order valence-corrected chi connectivity index (χ3v) is 14.7. The van der Waals surface area contributed by atoms with Gasteiger partial charge in [0.15, 0.2) is 12.4 Å². The van der Waals surface area contributed by atoms with Crippen molar-refractivity contribution in [1.29, 1.82) is 0 Å². The largest absolute Gasteiger partial charge is 0.372 e. The summed E-state index contributed by atoms with van der Waals surface area (Å²) in [6.45, 7) is 7.01. The van der Waals surface area contributed by atoms with Gasteiger partial charge in [0, 0.05) is 30.9 Å². The van der Waals surface area contributed by atoms with Crippen molar-refractivity contribution in [3.8, 4) is 0 Å². The molecular weight excluding hydrogens is 821 g/mol. The number of aryl methyl sites for hydroxylation is 1. The zero-order valence-corrected chi connectivity index (χ0v) is 45.3. The van der Waals surface area contributed by atoms with Gasteiger partial charge < -0.3 is 4.90 Å². The zero-order valence-electron chi connectivity index (χ0n) is 45.3. The molecule has 3 aromatic rings. The molecule has 0 fully saturated rings. The number of aromatic nitrogens is 1. The maximum absolute atomic E-state index is 2.71. The van der Waals surface area contributed by atoms with E-state index in [2.05, 4.69) is 128 Å². The molecule has 382 valence electrons. The summed E-state index contributed by atoms with van der Waals surface area (Å²) in [5.41, 5.74) is 6.35. The van der Waals surface area contributed by atoms with Crippen LogP contribution in [0.5, 0.6) is 0 Å². The number of benzene rings is 2. The van der Waals surface area contributed by atoms with Crippen molar-refractivity contribution >= 4 is 30.0 Å². The highest BCUT2D eigenvalue weighted by molar-refractivity contribution is 5.73. The second-order valence-electron chi connectivity index (χ2n) is 21.1. The predicted octanol–water partition coefficient (Wildman–Crippen LogP) is 21.3. The van der Waals surface area contributed by atoms with Gasteiger partial charge in [-0.3, -0.25) is 0 Å². The lowest BCUT2D eigenvalue weighted by molar-refractivity contribution is -0.671. The molecule has 0 atom stereocenters. The molecule has 1 aromatic heterocycles. The third-order valence-electron chi connectivity index (χ3n) is 14.7. The van der Waals surface area contributed by atoms with Crippen LogP contribution in [-0.4, -0.2) is 13.1 Å². The summed E-state index contributed by atoms with van der Waals surface area (Å²) < 4.78 is 2.07. The SMILES string of the molecule is CCCCCCCCCCCCCCCCCCCCCCN(CCCCCCCCCCCCCCCCCCCCCC)c1ccc(/C=C/c2ccc(/C=C/c3cc[n+](C)cc3)cc2)cc1. The van der Waals surface area contributed by atoms with Gasteiger partial charge in [-0.2, -0.15) is 0 Å². The molecule has 1 heterocycles. The predicted molar refractivity (Wildman–Crippen MR) is 307 cm³/mol. The molecule has 2 heteroatoms. The van der Waals surface area contributed by atoms with Crippen LogP contribution in [-0.2, 0) is 7.05 Å². The topological polar surface area (TPSA) is 7.12 Å². The Kier molecular flexibility index (Phi) is 38.2. The Morgan fingerprint density at radius 2 is 0.485 bits per heavy atom. The number of unbranched alkanes of at least 4 members (excludes halogenated alkanes) is 38. The van der Waals surface area contributed by atoms with Gasteiger partial charge in [-0.25, -0.2) is 4.57 Å². The molecule has 0 radical (unpaired) electrons. The van der Waals surface area contributed by atoms with E-state index in [-0.39, 0.29) is 0 Å². The minimum absolute atomic E-state index is 1.19. The molecule has 0 aliphatic heterocycles. The average Bonchev–Trinajstić information content (AvgIpc) is 3.36. The lowest BCUT2D eigenvalue weighted by Crippen LogP contribution is -2.25. The van der Waals surface area contributed by atoms with E-state index >= 15 is 0 Å². The van der Waals surface area contributed by atoms with Crippen LogP contribution in [0.15, 0.2) is 73.1 Å². The monoisotopic (exact) mass is 930 g/mol. The maximum Gasteiger partial charge on any atom is 0.169 e. The van der Waals surface area contributed by atoms with Gasteiger partial charge in [-0.15, -0.1) is 0 Å². The Hall–Kier alpha value is -3.13. The Morgan fingerprint density at radius 3 is 0.735 bits per heavy atom. The van der Waals surface area contributed by atoms with Crippen molar-refractivity contribution in [2.45, 2.75) is 271 Å². The minimum Gasteiger partial charge on any atom is -0.372 e. The highest BCUT2D eigenvalue weighted by atomic mass is 15.1. The van der Waals surface area contributed by atoms with Crippen LogP contribution in [0.4, 0.5) is 5.69 Å². The molecule has 0 bridgehead atoms. The molecule has 0 N–H and O–H groups in total. The molecule has 3 rings (SSSR count). The fraction of sp³-hybridized carbons (Fsp3) is 0.682. The van der Waals surface area contributed by atoms with E-state index in [1.165, 1.54) is 298 Å². The Labute approximate surface area is 423 Å².